The number of aliphatic imine (C=N–C) groups is 1. The molecule has 7 nitrogen and oxygen atoms in total. The summed E-state index contributed by atoms with van der Waals surface area (Å²) in [6.07, 6.45) is 2.72. The summed E-state index contributed by atoms with van der Waals surface area (Å²) in [5.74, 6) is 3.17. The first-order chi connectivity index (χ1) is 15.1. The highest BCUT2D eigenvalue weighted by molar-refractivity contribution is 5.79. The van der Waals surface area contributed by atoms with Crippen LogP contribution in [0.3, 0.4) is 0 Å². The summed E-state index contributed by atoms with van der Waals surface area (Å²) < 4.78 is 10.7. The Kier molecular flexibility index (Phi) is 7.92. The Morgan fingerprint density at radius 3 is 2.58 bits per heavy atom. The van der Waals surface area contributed by atoms with E-state index in [1.165, 1.54) is 5.56 Å². The van der Waals surface area contributed by atoms with Crippen molar-refractivity contribution in [3.63, 3.8) is 0 Å². The smallest absolute Gasteiger partial charge is 0.194 e. The van der Waals surface area contributed by atoms with Gasteiger partial charge in [-0.2, -0.15) is 0 Å². The molecule has 0 saturated heterocycles. The van der Waals surface area contributed by atoms with Crippen molar-refractivity contribution in [3.05, 3.63) is 66.1 Å². The van der Waals surface area contributed by atoms with E-state index in [1.807, 2.05) is 43.6 Å². The Morgan fingerprint density at radius 1 is 1.10 bits per heavy atom. The van der Waals surface area contributed by atoms with Crippen molar-refractivity contribution in [1.82, 2.24) is 20.2 Å². The molecule has 2 aromatic carbocycles. The molecule has 0 atom stereocenters. The molecule has 31 heavy (non-hydrogen) atoms. The second kappa shape index (κ2) is 11.1. The Labute approximate surface area is 184 Å². The van der Waals surface area contributed by atoms with Crippen molar-refractivity contribution in [3.8, 4) is 22.8 Å². The molecule has 1 heterocycles. The van der Waals surface area contributed by atoms with E-state index in [4.69, 9.17) is 14.5 Å². The number of hydrogen-bond acceptors (Lipinski definition) is 4. The highest BCUT2D eigenvalue weighted by Crippen LogP contribution is 2.27. The van der Waals surface area contributed by atoms with Gasteiger partial charge in [-0.3, -0.25) is 0 Å². The fourth-order valence-corrected chi connectivity index (χ4v) is 3.27. The molecule has 3 aromatic rings. The topological polar surface area (TPSA) is 74.8 Å². The molecular weight excluding hydrogens is 390 g/mol. The number of guanidine groups is 1. The van der Waals surface area contributed by atoms with E-state index in [0.29, 0.717) is 6.54 Å². The van der Waals surface area contributed by atoms with Gasteiger partial charge >= 0.3 is 0 Å². The van der Waals surface area contributed by atoms with Crippen LogP contribution in [0.4, 0.5) is 0 Å². The molecule has 0 aliphatic carbocycles. The zero-order chi connectivity index (χ0) is 22.1. The van der Waals surface area contributed by atoms with Gasteiger partial charge in [0.05, 0.1) is 26.1 Å². The number of H-pyrrole nitrogens is 1. The first kappa shape index (κ1) is 22.2. The van der Waals surface area contributed by atoms with Crippen LogP contribution in [0.2, 0.25) is 0 Å². The largest absolute Gasteiger partial charge is 0.493 e. The van der Waals surface area contributed by atoms with Crippen LogP contribution < -0.4 is 14.8 Å². The molecule has 0 bridgehead atoms. The summed E-state index contributed by atoms with van der Waals surface area (Å²) in [6, 6.07) is 16.2. The highest BCUT2D eigenvalue weighted by Gasteiger charge is 2.09. The lowest BCUT2D eigenvalue weighted by molar-refractivity contribution is 0.354. The summed E-state index contributed by atoms with van der Waals surface area (Å²) >= 11 is 0. The van der Waals surface area contributed by atoms with E-state index in [1.54, 1.807) is 14.2 Å². The summed E-state index contributed by atoms with van der Waals surface area (Å²) in [5.41, 5.74) is 3.29. The fraction of sp³-hybridized carbons (Fsp3) is 0.333. The molecular formula is C24H31N5O2. The van der Waals surface area contributed by atoms with Crippen molar-refractivity contribution in [1.29, 1.82) is 0 Å². The molecule has 7 heteroatoms. The van der Waals surface area contributed by atoms with Crippen LogP contribution in [0.5, 0.6) is 11.5 Å². The molecule has 164 valence electrons. The van der Waals surface area contributed by atoms with Crippen molar-refractivity contribution in [2.24, 2.45) is 4.99 Å². The standard InChI is InChI=1S/C24H31N5O2/c1-5-25-24(27-17-23-26-16-20(28-23)19-9-7-6-8-10-19)29(2)14-13-18-11-12-21(30-3)22(15-18)31-4/h6-12,15-16H,5,13-14,17H2,1-4H3,(H,25,27)(H,26,28). The third-order valence-corrected chi connectivity index (χ3v) is 4.97. The quantitative estimate of drug-likeness (QED) is 0.407. The van der Waals surface area contributed by atoms with E-state index in [2.05, 4.69) is 45.3 Å². The van der Waals surface area contributed by atoms with E-state index in [-0.39, 0.29) is 0 Å². The number of aromatic nitrogens is 2. The van der Waals surface area contributed by atoms with Gasteiger partial charge in [0.1, 0.15) is 12.4 Å². The second-order valence-electron chi connectivity index (χ2n) is 7.14. The number of aromatic amines is 1. The fourth-order valence-electron chi connectivity index (χ4n) is 3.27. The molecule has 0 amide bonds. The van der Waals surface area contributed by atoms with Crippen LogP contribution in [-0.4, -0.2) is 55.2 Å². The Bertz CT molecular complexity index is 985. The molecule has 0 radical (unpaired) electrons. The van der Waals surface area contributed by atoms with Crippen LogP contribution in [0, 0.1) is 0 Å². The first-order valence-electron chi connectivity index (χ1n) is 10.4. The van der Waals surface area contributed by atoms with Crippen molar-refractivity contribution in [2.75, 3.05) is 34.4 Å². The second-order valence-corrected chi connectivity index (χ2v) is 7.14. The number of likely N-dealkylation sites (N-methyl/N-ethyl adjacent to an activating group) is 1. The molecule has 2 N–H and O–H groups in total. The lowest BCUT2D eigenvalue weighted by Crippen LogP contribution is -2.40. The summed E-state index contributed by atoms with van der Waals surface area (Å²) in [4.78, 5) is 14.7. The lowest BCUT2D eigenvalue weighted by atomic mass is 10.1. The molecule has 0 aliphatic heterocycles. The third kappa shape index (κ3) is 6.01. The SMILES string of the molecule is CCNC(=NCc1ncc(-c2ccccc2)[nH]1)N(C)CCc1ccc(OC)c(OC)c1. The average Bonchev–Trinajstić information content (AvgIpc) is 3.29. The predicted molar refractivity (Wildman–Crippen MR) is 125 cm³/mol. The first-order valence-corrected chi connectivity index (χ1v) is 10.4. The third-order valence-electron chi connectivity index (χ3n) is 4.97. The van der Waals surface area contributed by atoms with Gasteiger partial charge in [0.15, 0.2) is 17.5 Å². The van der Waals surface area contributed by atoms with Gasteiger partial charge in [-0.1, -0.05) is 36.4 Å². The summed E-state index contributed by atoms with van der Waals surface area (Å²) in [5, 5.41) is 3.36. The van der Waals surface area contributed by atoms with E-state index >= 15 is 0 Å². The number of imidazole rings is 1. The van der Waals surface area contributed by atoms with Crippen LogP contribution >= 0.6 is 0 Å². The monoisotopic (exact) mass is 421 g/mol. The molecule has 3 rings (SSSR count). The van der Waals surface area contributed by atoms with Gasteiger partial charge in [-0.05, 0) is 36.6 Å². The normalized spacial score (nSPS) is 11.3. The van der Waals surface area contributed by atoms with Crippen LogP contribution in [0.1, 0.15) is 18.3 Å². The van der Waals surface area contributed by atoms with Crippen LogP contribution in [0.25, 0.3) is 11.3 Å². The number of hydrogen-bond donors (Lipinski definition) is 2. The van der Waals surface area contributed by atoms with Gasteiger partial charge in [0, 0.05) is 20.1 Å². The number of nitrogens with one attached hydrogen (secondary N) is 2. The van der Waals surface area contributed by atoms with Crippen molar-refractivity contribution < 1.29 is 9.47 Å². The molecule has 0 fully saturated rings. The van der Waals surface area contributed by atoms with Crippen molar-refractivity contribution in [2.45, 2.75) is 19.9 Å². The predicted octanol–water partition coefficient (Wildman–Crippen LogP) is 3.73. The van der Waals surface area contributed by atoms with Crippen molar-refractivity contribution >= 4 is 5.96 Å². The number of nitrogens with zero attached hydrogens (tertiary/aromatic N) is 3. The average molecular weight is 422 g/mol. The zero-order valence-electron chi connectivity index (χ0n) is 18.7. The number of rotatable bonds is 9. The Hall–Kier alpha value is -3.48. The van der Waals surface area contributed by atoms with Gasteiger partial charge < -0.3 is 24.7 Å². The molecule has 0 aliphatic rings. The minimum absolute atomic E-state index is 0.482. The minimum atomic E-state index is 0.482. The maximum absolute atomic E-state index is 5.41. The van der Waals surface area contributed by atoms with Gasteiger partial charge in [-0.25, -0.2) is 9.98 Å². The molecule has 0 unspecified atom stereocenters. The highest BCUT2D eigenvalue weighted by atomic mass is 16.5. The molecule has 0 spiro atoms. The van der Waals surface area contributed by atoms with Gasteiger partial charge in [-0.15, -0.1) is 0 Å². The maximum Gasteiger partial charge on any atom is 0.194 e. The van der Waals surface area contributed by atoms with Crippen LogP contribution in [-0.2, 0) is 13.0 Å². The molecule has 1 aromatic heterocycles. The minimum Gasteiger partial charge on any atom is -0.493 e. The Balaban J connectivity index is 1.63. The summed E-state index contributed by atoms with van der Waals surface area (Å²) in [6.45, 7) is 4.16. The maximum atomic E-state index is 5.41. The van der Waals surface area contributed by atoms with E-state index < -0.39 is 0 Å². The van der Waals surface area contributed by atoms with Gasteiger partial charge in [0.2, 0.25) is 0 Å². The zero-order valence-corrected chi connectivity index (χ0v) is 18.7. The molecule has 0 saturated carbocycles. The number of methoxy groups -OCH3 is 2. The lowest BCUT2D eigenvalue weighted by Gasteiger charge is -2.22. The van der Waals surface area contributed by atoms with E-state index in [9.17, 15) is 0 Å². The van der Waals surface area contributed by atoms with E-state index in [0.717, 1.165) is 54.1 Å². The number of ether oxygens (including phenoxy) is 2. The number of benzene rings is 2. The van der Waals surface area contributed by atoms with Gasteiger partial charge in [0.25, 0.3) is 0 Å². The Morgan fingerprint density at radius 2 is 1.87 bits per heavy atom. The summed E-state index contributed by atoms with van der Waals surface area (Å²) in [7, 11) is 5.34. The van der Waals surface area contributed by atoms with Crippen LogP contribution in [0.15, 0.2) is 59.7 Å².